The van der Waals surface area contributed by atoms with Crippen LogP contribution < -0.4 is 0 Å². The van der Waals surface area contributed by atoms with Gasteiger partial charge >= 0.3 is 0 Å². The Morgan fingerprint density at radius 2 is 1.30 bits per heavy atom. The highest BCUT2D eigenvalue weighted by Crippen LogP contribution is 2.40. The van der Waals surface area contributed by atoms with Gasteiger partial charge in [-0.25, -0.2) is 17.6 Å². The number of hydrogen-bond donors (Lipinski definition) is 0. The molecule has 5 heteroatoms. The molecule has 0 N–H and O–H groups in total. The van der Waals surface area contributed by atoms with Gasteiger partial charge in [0.2, 0.25) is 0 Å². The molecule has 2 aliphatic heterocycles. The van der Waals surface area contributed by atoms with Gasteiger partial charge in [-0.05, 0) is 79.6 Å². The Balaban J connectivity index is 1.75. The minimum Gasteiger partial charge on any atom is -0.300 e. The normalized spacial score (nSPS) is 24.9. The quantitative estimate of drug-likeness (QED) is 0.636. The molecule has 2 heterocycles. The first kappa shape index (κ1) is 18.2. The standard InChI is InChI=1S/C22H21F4N/c1-27-16-4-5-17(27)9-13(8-16)10-18(14-2-6-19(23)21(25)11-14)15-3-7-20(24)22(26)12-15/h2-3,6-7,10-13,16-17H,4-5,8-9H2,1H3/t13-,16+,17-. The summed E-state index contributed by atoms with van der Waals surface area (Å²) in [6, 6.07) is 8.36. The first-order chi connectivity index (χ1) is 12.9. The third-order valence-electron chi connectivity index (χ3n) is 6.00. The van der Waals surface area contributed by atoms with Crippen molar-refractivity contribution in [3.8, 4) is 0 Å². The first-order valence-corrected chi connectivity index (χ1v) is 9.27. The van der Waals surface area contributed by atoms with Crippen LogP contribution in [0.5, 0.6) is 0 Å². The third-order valence-corrected chi connectivity index (χ3v) is 6.00. The highest BCUT2D eigenvalue weighted by Gasteiger charge is 2.37. The number of hydrogen-bond acceptors (Lipinski definition) is 1. The van der Waals surface area contributed by atoms with E-state index < -0.39 is 23.3 Å². The van der Waals surface area contributed by atoms with E-state index >= 15 is 0 Å². The number of rotatable bonds is 3. The fourth-order valence-electron chi connectivity index (χ4n) is 4.51. The zero-order valence-corrected chi connectivity index (χ0v) is 15.1. The van der Waals surface area contributed by atoms with Gasteiger partial charge in [0.25, 0.3) is 0 Å². The van der Waals surface area contributed by atoms with Crippen molar-refractivity contribution in [1.82, 2.24) is 4.90 Å². The summed E-state index contributed by atoms with van der Waals surface area (Å²) in [5, 5.41) is 0. The number of piperidine rings is 1. The van der Waals surface area contributed by atoms with E-state index in [0.717, 1.165) is 49.9 Å². The van der Waals surface area contributed by atoms with Gasteiger partial charge in [-0.3, -0.25) is 0 Å². The maximum Gasteiger partial charge on any atom is 0.159 e. The van der Waals surface area contributed by atoms with E-state index in [1.807, 2.05) is 6.08 Å². The van der Waals surface area contributed by atoms with Crippen molar-refractivity contribution in [2.24, 2.45) is 5.92 Å². The van der Waals surface area contributed by atoms with Gasteiger partial charge in [-0.1, -0.05) is 18.2 Å². The molecule has 2 bridgehead atoms. The molecule has 0 unspecified atom stereocenters. The SMILES string of the molecule is CN1[C@@H]2CC[C@H]1C[C@@H](C=C(c1ccc(F)c(F)c1)c1ccc(F)c(F)c1)C2. The van der Waals surface area contributed by atoms with Gasteiger partial charge in [0.1, 0.15) is 0 Å². The van der Waals surface area contributed by atoms with Crippen LogP contribution in [0.2, 0.25) is 0 Å². The largest absolute Gasteiger partial charge is 0.300 e. The summed E-state index contributed by atoms with van der Waals surface area (Å²) >= 11 is 0. The molecule has 2 aromatic rings. The molecule has 2 aromatic carbocycles. The summed E-state index contributed by atoms with van der Waals surface area (Å²) in [5.74, 6) is -3.51. The summed E-state index contributed by atoms with van der Waals surface area (Å²) in [6.07, 6.45) is 6.31. The molecule has 142 valence electrons. The van der Waals surface area contributed by atoms with Crippen LogP contribution in [0.15, 0.2) is 42.5 Å². The lowest BCUT2D eigenvalue weighted by atomic mass is 9.86. The number of halogens is 4. The number of fused-ring (bicyclic) bond motifs is 2. The second-order valence-electron chi connectivity index (χ2n) is 7.62. The molecule has 2 aliphatic rings. The van der Waals surface area contributed by atoms with Gasteiger partial charge in [0.05, 0.1) is 0 Å². The van der Waals surface area contributed by atoms with E-state index in [4.69, 9.17) is 0 Å². The van der Waals surface area contributed by atoms with E-state index in [0.29, 0.717) is 28.8 Å². The van der Waals surface area contributed by atoms with Crippen molar-refractivity contribution in [2.75, 3.05) is 7.05 Å². The molecule has 0 saturated carbocycles. The Bertz CT molecular complexity index is 824. The number of allylic oxidation sites excluding steroid dienone is 1. The maximum absolute atomic E-state index is 13.8. The monoisotopic (exact) mass is 375 g/mol. The van der Waals surface area contributed by atoms with E-state index in [-0.39, 0.29) is 5.92 Å². The van der Waals surface area contributed by atoms with E-state index in [1.54, 1.807) is 0 Å². The van der Waals surface area contributed by atoms with Crippen LogP contribution >= 0.6 is 0 Å². The summed E-state index contributed by atoms with van der Waals surface area (Å²) in [7, 11) is 2.15. The van der Waals surface area contributed by atoms with E-state index in [9.17, 15) is 17.6 Å². The van der Waals surface area contributed by atoms with E-state index in [2.05, 4.69) is 11.9 Å². The van der Waals surface area contributed by atoms with Gasteiger partial charge in [-0.15, -0.1) is 0 Å². The van der Waals surface area contributed by atoms with Gasteiger partial charge in [-0.2, -0.15) is 0 Å². The van der Waals surface area contributed by atoms with Crippen LogP contribution in [0, 0.1) is 29.2 Å². The molecule has 1 nitrogen and oxygen atoms in total. The lowest BCUT2D eigenvalue weighted by molar-refractivity contribution is 0.152. The molecule has 3 atom stereocenters. The van der Waals surface area contributed by atoms with Crippen molar-refractivity contribution in [2.45, 2.75) is 37.8 Å². The Labute approximate surface area is 156 Å². The molecule has 4 rings (SSSR count). The van der Waals surface area contributed by atoms with Gasteiger partial charge in [0, 0.05) is 12.1 Å². The molecule has 0 amide bonds. The molecule has 0 aromatic heterocycles. The van der Waals surface area contributed by atoms with E-state index in [1.165, 1.54) is 12.1 Å². The smallest absolute Gasteiger partial charge is 0.159 e. The molecule has 0 aliphatic carbocycles. The second-order valence-corrected chi connectivity index (χ2v) is 7.62. The Morgan fingerprint density at radius 1 is 0.815 bits per heavy atom. The van der Waals surface area contributed by atoms with Crippen molar-refractivity contribution < 1.29 is 17.6 Å². The Hall–Kier alpha value is -2.14. The fraction of sp³-hybridized carbons (Fsp3) is 0.364. The molecule has 2 saturated heterocycles. The van der Waals surface area contributed by atoms with Crippen molar-refractivity contribution in [3.05, 3.63) is 76.9 Å². The van der Waals surface area contributed by atoms with Crippen molar-refractivity contribution in [3.63, 3.8) is 0 Å². The topological polar surface area (TPSA) is 3.24 Å². The predicted molar refractivity (Wildman–Crippen MR) is 97.1 cm³/mol. The zero-order valence-electron chi connectivity index (χ0n) is 15.1. The van der Waals surface area contributed by atoms with Crippen LogP contribution in [0.3, 0.4) is 0 Å². The van der Waals surface area contributed by atoms with Crippen LogP contribution in [0.25, 0.3) is 5.57 Å². The van der Waals surface area contributed by atoms with Crippen LogP contribution in [0.4, 0.5) is 17.6 Å². The lowest BCUT2D eigenvalue weighted by Gasteiger charge is -2.35. The molecule has 0 spiro atoms. The van der Waals surface area contributed by atoms with Crippen LogP contribution in [0.1, 0.15) is 36.8 Å². The van der Waals surface area contributed by atoms with Crippen LogP contribution in [-0.4, -0.2) is 24.0 Å². The second kappa shape index (κ2) is 7.12. The molecule has 2 fully saturated rings. The summed E-state index contributed by atoms with van der Waals surface area (Å²) in [4.78, 5) is 2.42. The van der Waals surface area contributed by atoms with Crippen molar-refractivity contribution >= 4 is 5.57 Å². The Kier molecular flexibility index (Phi) is 4.81. The third kappa shape index (κ3) is 3.53. The summed E-state index contributed by atoms with van der Waals surface area (Å²) < 4.78 is 54.4. The maximum atomic E-state index is 13.8. The number of nitrogens with zero attached hydrogens (tertiary/aromatic N) is 1. The Morgan fingerprint density at radius 3 is 1.74 bits per heavy atom. The summed E-state index contributed by atoms with van der Waals surface area (Å²) in [6.45, 7) is 0. The molecule has 0 radical (unpaired) electrons. The zero-order chi connectivity index (χ0) is 19.1. The number of benzene rings is 2. The lowest BCUT2D eigenvalue weighted by Crippen LogP contribution is -2.39. The molecular weight excluding hydrogens is 354 g/mol. The van der Waals surface area contributed by atoms with Gasteiger partial charge < -0.3 is 4.90 Å². The average Bonchev–Trinajstić information content (AvgIpc) is 2.85. The van der Waals surface area contributed by atoms with Gasteiger partial charge in [0.15, 0.2) is 23.3 Å². The molecular formula is C22H21F4N. The summed E-state index contributed by atoms with van der Waals surface area (Å²) in [5.41, 5.74) is 1.54. The highest BCUT2D eigenvalue weighted by molar-refractivity contribution is 5.80. The predicted octanol–water partition coefficient (Wildman–Crippen LogP) is 5.55. The fourth-order valence-corrected chi connectivity index (χ4v) is 4.51. The molecule has 27 heavy (non-hydrogen) atoms. The average molecular weight is 375 g/mol. The minimum atomic E-state index is -0.954. The first-order valence-electron chi connectivity index (χ1n) is 9.27. The van der Waals surface area contributed by atoms with Crippen molar-refractivity contribution in [1.29, 1.82) is 0 Å². The minimum absolute atomic E-state index is 0.259. The van der Waals surface area contributed by atoms with Crippen LogP contribution in [-0.2, 0) is 0 Å². The highest BCUT2D eigenvalue weighted by atomic mass is 19.2.